The van der Waals surface area contributed by atoms with Gasteiger partial charge in [0.1, 0.15) is 0 Å². The van der Waals surface area contributed by atoms with Gasteiger partial charge in [0.05, 0.1) is 10.7 Å². The molecule has 0 saturated carbocycles. The van der Waals surface area contributed by atoms with Crippen LogP contribution in [0.4, 0.5) is 10.5 Å². The van der Waals surface area contributed by atoms with Crippen molar-refractivity contribution in [2.45, 2.75) is 19.3 Å². The number of carbonyl (C=O) groups is 3. The molecule has 0 radical (unpaired) electrons. The van der Waals surface area contributed by atoms with Crippen LogP contribution in [0.25, 0.3) is 0 Å². The second-order valence-electron chi connectivity index (χ2n) is 3.73. The minimum absolute atomic E-state index is 0.0256. The van der Waals surface area contributed by atoms with Gasteiger partial charge in [-0.05, 0) is 18.6 Å². The Kier molecular flexibility index (Phi) is 5.81. The molecule has 0 unspecified atom stereocenters. The molecule has 3 amide bonds. The summed E-state index contributed by atoms with van der Waals surface area (Å²) in [6, 6.07) is 5.90. The summed E-state index contributed by atoms with van der Waals surface area (Å²) in [6.07, 6.45) is 0.0440. The first-order valence-electron chi connectivity index (χ1n) is 5.56. The van der Waals surface area contributed by atoms with Crippen LogP contribution < -0.4 is 10.6 Å². The molecule has 102 valence electrons. The van der Waals surface area contributed by atoms with Crippen LogP contribution in [0.3, 0.4) is 0 Å². The highest BCUT2D eigenvalue weighted by molar-refractivity contribution is 6.33. The van der Waals surface area contributed by atoms with Gasteiger partial charge in [-0.25, -0.2) is 4.79 Å². The van der Waals surface area contributed by atoms with Gasteiger partial charge in [0.2, 0.25) is 5.91 Å². The van der Waals surface area contributed by atoms with Crippen LogP contribution in [0, 0.1) is 0 Å². The highest BCUT2D eigenvalue weighted by Crippen LogP contribution is 2.19. The van der Waals surface area contributed by atoms with E-state index in [4.69, 9.17) is 16.7 Å². The Hall–Kier alpha value is -2.08. The SMILES string of the molecule is O=C(O)CCCC(=O)NC(=O)Nc1ccccc1Cl. The lowest BCUT2D eigenvalue weighted by atomic mass is 10.2. The van der Waals surface area contributed by atoms with Crippen LogP contribution in [0.15, 0.2) is 24.3 Å². The Balaban J connectivity index is 2.37. The average molecular weight is 285 g/mol. The van der Waals surface area contributed by atoms with Crippen molar-refractivity contribution in [3.8, 4) is 0 Å². The van der Waals surface area contributed by atoms with E-state index in [1.165, 1.54) is 0 Å². The fourth-order valence-corrected chi connectivity index (χ4v) is 1.49. The van der Waals surface area contributed by atoms with Gasteiger partial charge >= 0.3 is 12.0 Å². The number of carboxylic acid groups (broad SMARTS) is 1. The first-order valence-corrected chi connectivity index (χ1v) is 5.94. The number of nitrogens with one attached hydrogen (secondary N) is 2. The Morgan fingerprint density at radius 2 is 1.84 bits per heavy atom. The first-order chi connectivity index (χ1) is 8.99. The van der Waals surface area contributed by atoms with E-state index in [1.54, 1.807) is 24.3 Å². The van der Waals surface area contributed by atoms with Gasteiger partial charge in [-0.15, -0.1) is 0 Å². The van der Waals surface area contributed by atoms with Gasteiger partial charge in [0.15, 0.2) is 0 Å². The lowest BCUT2D eigenvalue weighted by molar-refractivity contribution is -0.137. The number of anilines is 1. The predicted octanol–water partition coefficient (Wildman–Crippen LogP) is 2.24. The summed E-state index contributed by atoms with van der Waals surface area (Å²) in [4.78, 5) is 33.0. The molecule has 1 aromatic carbocycles. The molecule has 0 atom stereocenters. The Bertz CT molecular complexity index is 490. The van der Waals surface area contributed by atoms with Gasteiger partial charge in [0, 0.05) is 12.8 Å². The number of carbonyl (C=O) groups excluding carboxylic acids is 2. The van der Waals surface area contributed by atoms with Crippen molar-refractivity contribution in [2.75, 3.05) is 5.32 Å². The quantitative estimate of drug-likeness (QED) is 0.772. The molecule has 0 aliphatic rings. The zero-order valence-corrected chi connectivity index (χ0v) is 10.7. The number of amides is 3. The average Bonchev–Trinajstić information content (AvgIpc) is 2.31. The number of para-hydroxylation sites is 1. The molecule has 3 N–H and O–H groups in total. The Morgan fingerprint density at radius 1 is 1.16 bits per heavy atom. The van der Waals surface area contributed by atoms with Gasteiger partial charge in [-0.3, -0.25) is 14.9 Å². The van der Waals surface area contributed by atoms with E-state index in [-0.39, 0.29) is 19.3 Å². The van der Waals surface area contributed by atoms with Gasteiger partial charge in [-0.1, -0.05) is 23.7 Å². The Morgan fingerprint density at radius 3 is 2.47 bits per heavy atom. The van der Waals surface area contributed by atoms with Crippen molar-refractivity contribution in [3.05, 3.63) is 29.3 Å². The number of rotatable bonds is 5. The third kappa shape index (κ3) is 5.87. The van der Waals surface area contributed by atoms with Gasteiger partial charge < -0.3 is 10.4 Å². The number of hydrogen-bond acceptors (Lipinski definition) is 3. The second kappa shape index (κ2) is 7.38. The number of urea groups is 1. The van der Waals surface area contributed by atoms with E-state index in [2.05, 4.69) is 10.6 Å². The van der Waals surface area contributed by atoms with Crippen molar-refractivity contribution in [3.63, 3.8) is 0 Å². The maximum absolute atomic E-state index is 11.5. The third-order valence-electron chi connectivity index (χ3n) is 2.17. The van der Waals surface area contributed by atoms with E-state index in [0.29, 0.717) is 10.7 Å². The summed E-state index contributed by atoms with van der Waals surface area (Å²) >= 11 is 5.83. The summed E-state index contributed by atoms with van der Waals surface area (Å²) in [5.41, 5.74) is 0.389. The number of carboxylic acids is 1. The molecule has 1 rings (SSSR count). The third-order valence-corrected chi connectivity index (χ3v) is 2.50. The van der Waals surface area contributed by atoms with E-state index in [9.17, 15) is 14.4 Å². The van der Waals surface area contributed by atoms with E-state index in [1.807, 2.05) is 0 Å². The van der Waals surface area contributed by atoms with Gasteiger partial charge in [0.25, 0.3) is 0 Å². The van der Waals surface area contributed by atoms with Crippen molar-refractivity contribution >= 4 is 35.2 Å². The summed E-state index contributed by atoms with van der Waals surface area (Å²) < 4.78 is 0. The maximum atomic E-state index is 11.5. The number of hydrogen-bond donors (Lipinski definition) is 3. The highest BCUT2D eigenvalue weighted by atomic mass is 35.5. The van der Waals surface area contributed by atoms with E-state index in [0.717, 1.165) is 0 Å². The molecule has 0 heterocycles. The largest absolute Gasteiger partial charge is 0.481 e. The molecule has 0 bridgehead atoms. The summed E-state index contributed by atoms with van der Waals surface area (Å²) in [6.45, 7) is 0. The summed E-state index contributed by atoms with van der Waals surface area (Å²) in [7, 11) is 0. The fraction of sp³-hybridized carbons (Fsp3) is 0.250. The van der Waals surface area contributed by atoms with Crippen LogP contribution in [0.1, 0.15) is 19.3 Å². The molecule has 6 nitrogen and oxygen atoms in total. The van der Waals surface area contributed by atoms with E-state index >= 15 is 0 Å². The molecule has 0 saturated heterocycles. The molecule has 0 aromatic heterocycles. The second-order valence-corrected chi connectivity index (χ2v) is 4.14. The van der Waals surface area contributed by atoms with Crippen molar-refractivity contribution in [2.24, 2.45) is 0 Å². The minimum atomic E-state index is -0.978. The minimum Gasteiger partial charge on any atom is -0.481 e. The molecular formula is C12H13ClN2O4. The monoisotopic (exact) mass is 284 g/mol. The number of halogens is 1. The van der Waals surface area contributed by atoms with Crippen LogP contribution >= 0.6 is 11.6 Å². The lowest BCUT2D eigenvalue weighted by Gasteiger charge is -2.07. The molecule has 0 fully saturated rings. The predicted molar refractivity (Wildman–Crippen MR) is 70.1 cm³/mol. The molecular weight excluding hydrogens is 272 g/mol. The zero-order valence-electron chi connectivity index (χ0n) is 9.98. The van der Waals surface area contributed by atoms with Crippen molar-refractivity contribution < 1.29 is 19.5 Å². The molecule has 0 spiro atoms. The zero-order chi connectivity index (χ0) is 14.3. The summed E-state index contributed by atoms with van der Waals surface area (Å²) in [5.74, 6) is -1.51. The molecule has 0 aliphatic carbocycles. The molecule has 19 heavy (non-hydrogen) atoms. The van der Waals surface area contributed by atoms with Crippen LogP contribution in [-0.4, -0.2) is 23.0 Å². The Labute approximate surface area is 114 Å². The molecule has 1 aromatic rings. The fourth-order valence-electron chi connectivity index (χ4n) is 1.31. The lowest BCUT2D eigenvalue weighted by Crippen LogP contribution is -2.34. The topological polar surface area (TPSA) is 95.5 Å². The standard InChI is InChI=1S/C12H13ClN2O4/c13-8-4-1-2-5-9(8)14-12(19)15-10(16)6-3-7-11(17)18/h1-2,4-5H,3,6-7H2,(H,17,18)(H2,14,15,16,19). The first kappa shape index (κ1) is 15.0. The van der Waals surface area contributed by atoms with Crippen LogP contribution in [-0.2, 0) is 9.59 Å². The molecule has 0 aliphatic heterocycles. The summed E-state index contributed by atoms with van der Waals surface area (Å²) in [5, 5.41) is 13.3. The smallest absolute Gasteiger partial charge is 0.325 e. The number of imide groups is 1. The van der Waals surface area contributed by atoms with E-state index < -0.39 is 17.9 Å². The van der Waals surface area contributed by atoms with Crippen molar-refractivity contribution in [1.29, 1.82) is 0 Å². The number of aliphatic carboxylic acids is 1. The molecule has 7 heteroatoms. The van der Waals surface area contributed by atoms with Crippen LogP contribution in [0.2, 0.25) is 5.02 Å². The number of benzene rings is 1. The van der Waals surface area contributed by atoms with Crippen molar-refractivity contribution in [1.82, 2.24) is 5.32 Å². The maximum Gasteiger partial charge on any atom is 0.325 e. The normalized spacial score (nSPS) is 9.74. The van der Waals surface area contributed by atoms with Gasteiger partial charge in [-0.2, -0.15) is 0 Å². The van der Waals surface area contributed by atoms with Crippen LogP contribution in [0.5, 0.6) is 0 Å². The highest BCUT2D eigenvalue weighted by Gasteiger charge is 2.09.